The van der Waals surface area contributed by atoms with Gasteiger partial charge in [-0.1, -0.05) is 99.3 Å². The molecular weight excluding hydrogens is 951 g/mol. The molecule has 57 heavy (non-hydrogen) atoms. The third kappa shape index (κ3) is 22.9. The SMILES string of the molecule is CC1=[C-]C(C)(C)C(C)=C1C.CC1=[C-]C(C)(C)C(C)=C1C.CC1=[C-]C(C)(C)C(C)=C1C.O=S(=O)([O-])C(F)(F)F.O=S(=O)([O-])C(F)(F)F.O=S(=O)([O-])C(F)(F)F.[Ti+2].[Ti+2].[Ti+2]. The molecule has 0 saturated carbocycles. The summed E-state index contributed by atoms with van der Waals surface area (Å²) in [5.74, 6) is 0. The van der Waals surface area contributed by atoms with Crippen LogP contribution in [0.5, 0.6) is 0 Å². The van der Waals surface area contributed by atoms with Gasteiger partial charge in [0.2, 0.25) is 0 Å². The summed E-state index contributed by atoms with van der Waals surface area (Å²) in [5, 5.41) is 0. The molecule has 0 heterocycles. The molecule has 0 radical (unpaired) electrons. The molecule has 0 fully saturated rings. The Morgan fingerprint density at radius 3 is 0.509 bits per heavy atom. The predicted molar refractivity (Wildman–Crippen MR) is 181 cm³/mol. The van der Waals surface area contributed by atoms with Gasteiger partial charge in [-0.2, -0.15) is 73.0 Å². The van der Waals surface area contributed by atoms with Crippen molar-refractivity contribution in [1.29, 1.82) is 0 Å². The van der Waals surface area contributed by atoms with Crippen molar-refractivity contribution in [3.8, 4) is 0 Å². The summed E-state index contributed by atoms with van der Waals surface area (Å²) in [6, 6.07) is 0. The van der Waals surface area contributed by atoms with Crippen molar-refractivity contribution < 1.29 is 144 Å². The van der Waals surface area contributed by atoms with Gasteiger partial charge < -0.3 is 13.7 Å². The Morgan fingerprint density at radius 2 is 0.491 bits per heavy atom. The van der Waals surface area contributed by atoms with E-state index in [1.165, 1.54) is 50.2 Å². The first-order valence-corrected chi connectivity index (χ1v) is 19.3. The summed E-state index contributed by atoms with van der Waals surface area (Å²) in [4.78, 5) is 0. The second-order valence-electron chi connectivity index (χ2n) is 13.6. The minimum atomic E-state index is -6.09. The zero-order valence-corrected chi connectivity index (χ0v) is 40.9. The van der Waals surface area contributed by atoms with E-state index in [0.717, 1.165) is 0 Å². The monoisotopic (exact) mass is 996 g/mol. The molecule has 324 valence electrons. The third-order valence-electron chi connectivity index (χ3n) is 8.54. The standard InChI is InChI=1S/3C10H15.3CHF3O3S.3Ti/c3*1-7-6-10(4,5)9(3)8(7)2;3*2-1(3,4)8(5,6)7;;;/h3*1-5H3;3*(H,5,6,7);;;/q3*-1;;;;3*+2/p-3. The molecule has 0 aromatic carbocycles. The molecule has 0 N–H and O–H groups in total. The van der Waals surface area contributed by atoms with E-state index in [1.807, 2.05) is 0 Å². The van der Waals surface area contributed by atoms with Crippen molar-refractivity contribution >= 4 is 30.4 Å². The first-order valence-electron chi connectivity index (χ1n) is 15.1. The van der Waals surface area contributed by atoms with Crippen LogP contribution in [-0.2, 0) is 95.5 Å². The van der Waals surface area contributed by atoms with Crippen LogP contribution in [-0.4, -0.2) is 55.4 Å². The van der Waals surface area contributed by atoms with E-state index in [9.17, 15) is 39.5 Å². The predicted octanol–water partition coefficient (Wildman–Crippen LogP) is 9.48. The Balaban J connectivity index is -0.000000136. The van der Waals surface area contributed by atoms with Crippen molar-refractivity contribution in [2.24, 2.45) is 16.2 Å². The van der Waals surface area contributed by atoms with Crippen molar-refractivity contribution in [1.82, 2.24) is 0 Å². The molecule has 0 bridgehead atoms. The topological polar surface area (TPSA) is 172 Å². The number of alkyl halides is 9. The van der Waals surface area contributed by atoms with Gasteiger partial charge >= 0.3 is 81.7 Å². The fraction of sp³-hybridized carbons (Fsp3) is 0.636. The summed E-state index contributed by atoms with van der Waals surface area (Å²) >= 11 is 0. The van der Waals surface area contributed by atoms with Gasteiger partial charge in [0.1, 0.15) is 0 Å². The molecule has 0 amide bonds. The molecule has 0 spiro atoms. The normalized spacial score (nSPS) is 18.3. The molecule has 3 rings (SSSR count). The van der Waals surface area contributed by atoms with E-state index < -0.39 is 46.9 Å². The second kappa shape index (κ2) is 23.8. The summed E-state index contributed by atoms with van der Waals surface area (Å²) in [6.45, 7) is 32.8. The van der Waals surface area contributed by atoms with Gasteiger partial charge in [-0.25, -0.2) is 42.0 Å². The van der Waals surface area contributed by atoms with Crippen molar-refractivity contribution in [3.05, 3.63) is 68.4 Å². The van der Waals surface area contributed by atoms with Crippen LogP contribution in [0.3, 0.4) is 0 Å². The van der Waals surface area contributed by atoms with Crippen LogP contribution in [0.2, 0.25) is 0 Å². The zero-order valence-electron chi connectivity index (χ0n) is 33.8. The van der Waals surface area contributed by atoms with Crippen LogP contribution >= 0.6 is 0 Å². The smallest absolute Gasteiger partial charge is 0.741 e. The maximum absolute atomic E-state index is 10.7. The molecule has 24 heteroatoms. The van der Waals surface area contributed by atoms with E-state index in [1.54, 1.807) is 0 Å². The Bertz CT molecular complexity index is 1680. The molecule has 0 atom stereocenters. The van der Waals surface area contributed by atoms with E-state index in [-0.39, 0.29) is 81.4 Å². The van der Waals surface area contributed by atoms with Crippen molar-refractivity contribution in [3.63, 3.8) is 0 Å². The van der Waals surface area contributed by atoms with Crippen LogP contribution in [0, 0.1) is 34.5 Å². The fourth-order valence-electron chi connectivity index (χ4n) is 4.22. The summed E-state index contributed by atoms with van der Waals surface area (Å²) in [6.07, 6.45) is 10.3. The number of hydrogen-bond donors (Lipinski definition) is 0. The first kappa shape index (κ1) is 68.4. The maximum Gasteiger partial charge on any atom is 2.00 e. The van der Waals surface area contributed by atoms with Crippen LogP contribution in [0.1, 0.15) is 104 Å². The van der Waals surface area contributed by atoms with Crippen molar-refractivity contribution in [2.75, 3.05) is 0 Å². The van der Waals surface area contributed by atoms with E-state index in [2.05, 4.69) is 122 Å². The van der Waals surface area contributed by atoms with E-state index in [0.29, 0.717) is 0 Å². The molecule has 9 nitrogen and oxygen atoms in total. The molecule has 0 unspecified atom stereocenters. The Morgan fingerprint density at radius 1 is 0.386 bits per heavy atom. The van der Waals surface area contributed by atoms with Gasteiger partial charge in [-0.3, -0.25) is 18.2 Å². The maximum atomic E-state index is 10.7. The average Bonchev–Trinajstić information content (AvgIpc) is 3.29. The molecule has 0 aromatic rings. The molecule has 3 aliphatic carbocycles. The number of hydrogen-bond acceptors (Lipinski definition) is 9. The molecule has 3 aliphatic rings. The van der Waals surface area contributed by atoms with Gasteiger partial charge in [0.25, 0.3) is 0 Å². The number of allylic oxidation sites excluding steroid dienone is 12. The molecule has 0 saturated heterocycles. The van der Waals surface area contributed by atoms with Gasteiger partial charge in [0, 0.05) is 0 Å². The zero-order chi connectivity index (χ0) is 44.8. The van der Waals surface area contributed by atoms with E-state index >= 15 is 0 Å². The quantitative estimate of drug-likeness (QED) is 0.0754. The van der Waals surface area contributed by atoms with Gasteiger partial charge in [-0.15, -0.1) is 20.8 Å². The van der Waals surface area contributed by atoms with Crippen LogP contribution < -0.4 is 0 Å². The minimum absolute atomic E-state index is 0. The van der Waals surface area contributed by atoms with E-state index in [4.69, 9.17) is 38.9 Å². The van der Waals surface area contributed by atoms with Crippen molar-refractivity contribution in [2.45, 2.75) is 120 Å². The number of halogens is 9. The molecular formula is C33H45F9O9S3Ti3. The largest absolute Gasteiger partial charge is 2.00 e. The Hall–Kier alpha value is -0.317. The minimum Gasteiger partial charge on any atom is -0.741 e. The third-order valence-corrected chi connectivity index (χ3v) is 10.2. The average molecular weight is 996 g/mol. The molecule has 0 aliphatic heterocycles. The van der Waals surface area contributed by atoms with Crippen LogP contribution in [0.15, 0.2) is 50.2 Å². The Kier molecular flexibility index (Phi) is 28.5. The summed E-state index contributed by atoms with van der Waals surface area (Å²) in [7, 11) is -18.3. The molecule has 0 aromatic heterocycles. The summed E-state index contributed by atoms with van der Waals surface area (Å²) < 4.78 is 177. The van der Waals surface area contributed by atoms with Gasteiger partial charge in [-0.05, 0) is 0 Å². The van der Waals surface area contributed by atoms with Crippen LogP contribution in [0.4, 0.5) is 39.5 Å². The summed E-state index contributed by atoms with van der Waals surface area (Å²) in [5.41, 5.74) is -3.75. The van der Waals surface area contributed by atoms with Gasteiger partial charge in [0.05, 0.1) is 0 Å². The second-order valence-corrected chi connectivity index (χ2v) is 17.7. The Labute approximate surface area is 376 Å². The number of rotatable bonds is 0. The first-order chi connectivity index (χ1) is 23.1. The fourth-order valence-corrected chi connectivity index (χ4v) is 4.22. The van der Waals surface area contributed by atoms with Crippen LogP contribution in [0.25, 0.3) is 0 Å². The van der Waals surface area contributed by atoms with Gasteiger partial charge in [0.15, 0.2) is 30.4 Å².